The Kier molecular flexibility index (Phi) is 2.52. The van der Waals surface area contributed by atoms with Crippen molar-refractivity contribution in [2.45, 2.75) is 31.3 Å². The molecule has 4 rings (SSSR count). The minimum atomic E-state index is 0.589. The number of rotatable bonds is 3. The van der Waals surface area contributed by atoms with E-state index in [0.29, 0.717) is 6.04 Å². The first-order valence-corrected chi connectivity index (χ1v) is 7.56. The molecule has 1 unspecified atom stereocenters. The molecule has 2 fully saturated rings. The van der Waals surface area contributed by atoms with E-state index in [4.69, 9.17) is 0 Å². The van der Waals surface area contributed by atoms with Gasteiger partial charge in [0, 0.05) is 25.2 Å². The van der Waals surface area contributed by atoms with Crippen molar-refractivity contribution in [3.8, 4) is 0 Å². The van der Waals surface area contributed by atoms with Crippen LogP contribution in [0.1, 0.15) is 19.3 Å². The fraction of sp³-hybridized carbons (Fsp3) is 0.500. The van der Waals surface area contributed by atoms with Crippen LogP contribution < -0.4 is 5.32 Å². The van der Waals surface area contributed by atoms with Gasteiger partial charge in [0.25, 0.3) is 0 Å². The number of likely N-dealkylation sites (tertiary alicyclic amines) is 1. The number of hydrogen-bond donors (Lipinski definition) is 1. The molecule has 0 radical (unpaired) electrons. The van der Waals surface area contributed by atoms with Gasteiger partial charge >= 0.3 is 0 Å². The monoisotopic (exact) mass is 259 g/mol. The Bertz CT molecular complexity index is 528. The summed E-state index contributed by atoms with van der Waals surface area (Å²) in [7, 11) is 0. The summed E-state index contributed by atoms with van der Waals surface area (Å²) in [6.07, 6.45) is 4.08. The molecule has 1 atom stereocenters. The van der Waals surface area contributed by atoms with Gasteiger partial charge < -0.3 is 5.32 Å². The number of benzene rings is 1. The van der Waals surface area contributed by atoms with Gasteiger partial charge in [-0.05, 0) is 31.4 Å². The number of hydrogen-bond acceptors (Lipinski definition) is 4. The first kappa shape index (κ1) is 10.8. The molecule has 1 aliphatic carbocycles. The van der Waals surface area contributed by atoms with Crippen molar-refractivity contribution in [3.63, 3.8) is 0 Å². The third kappa shape index (κ3) is 1.99. The second-order valence-electron chi connectivity index (χ2n) is 5.34. The smallest absolute Gasteiger partial charge is 0.184 e. The maximum Gasteiger partial charge on any atom is 0.184 e. The molecular weight excluding hydrogens is 242 g/mol. The van der Waals surface area contributed by atoms with Crippen LogP contribution in [0.15, 0.2) is 24.3 Å². The first-order valence-electron chi connectivity index (χ1n) is 6.75. The van der Waals surface area contributed by atoms with E-state index in [1.165, 1.54) is 37.1 Å². The van der Waals surface area contributed by atoms with E-state index in [9.17, 15) is 0 Å². The van der Waals surface area contributed by atoms with Crippen molar-refractivity contribution >= 4 is 26.7 Å². The van der Waals surface area contributed by atoms with Crippen LogP contribution in [0, 0.1) is 0 Å². The number of nitrogens with zero attached hydrogens (tertiary/aromatic N) is 2. The Hall–Kier alpha value is -1.13. The lowest BCUT2D eigenvalue weighted by Gasteiger charge is -2.15. The van der Waals surface area contributed by atoms with Crippen LogP contribution in [0.5, 0.6) is 0 Å². The topological polar surface area (TPSA) is 28.2 Å². The predicted octanol–water partition coefficient (Wildman–Crippen LogP) is 2.94. The van der Waals surface area contributed by atoms with Crippen LogP contribution in [0.4, 0.5) is 5.13 Å². The van der Waals surface area contributed by atoms with Gasteiger partial charge in [-0.25, -0.2) is 4.98 Å². The SMILES string of the molecule is c1ccc2sc(NC3CCN(C4CC4)C3)nc2c1. The lowest BCUT2D eigenvalue weighted by molar-refractivity contribution is 0.326. The van der Waals surface area contributed by atoms with E-state index in [-0.39, 0.29) is 0 Å². The first-order chi connectivity index (χ1) is 8.88. The highest BCUT2D eigenvalue weighted by atomic mass is 32.1. The minimum Gasteiger partial charge on any atom is -0.357 e. The van der Waals surface area contributed by atoms with E-state index in [2.05, 4.69) is 39.5 Å². The van der Waals surface area contributed by atoms with Crippen molar-refractivity contribution in [3.05, 3.63) is 24.3 Å². The van der Waals surface area contributed by atoms with Crippen LogP contribution in [-0.4, -0.2) is 35.1 Å². The van der Waals surface area contributed by atoms with E-state index in [0.717, 1.165) is 16.7 Å². The summed E-state index contributed by atoms with van der Waals surface area (Å²) >= 11 is 1.77. The highest BCUT2D eigenvalue weighted by Gasteiger charge is 2.34. The molecule has 1 aromatic heterocycles. The van der Waals surface area contributed by atoms with Crippen LogP contribution in [-0.2, 0) is 0 Å². The number of thiazole rings is 1. The molecule has 0 spiro atoms. The number of aromatic nitrogens is 1. The number of para-hydroxylation sites is 1. The normalized spacial score (nSPS) is 24.8. The Morgan fingerprint density at radius 3 is 2.94 bits per heavy atom. The molecule has 4 heteroatoms. The molecule has 1 aromatic carbocycles. The fourth-order valence-electron chi connectivity index (χ4n) is 2.79. The summed E-state index contributed by atoms with van der Waals surface area (Å²) in [6, 6.07) is 9.84. The zero-order chi connectivity index (χ0) is 11.9. The van der Waals surface area contributed by atoms with Gasteiger partial charge in [0.2, 0.25) is 0 Å². The zero-order valence-corrected chi connectivity index (χ0v) is 11.1. The molecule has 0 bridgehead atoms. The summed E-state index contributed by atoms with van der Waals surface area (Å²) in [5.41, 5.74) is 1.11. The highest BCUT2D eigenvalue weighted by molar-refractivity contribution is 7.22. The van der Waals surface area contributed by atoms with E-state index < -0.39 is 0 Å². The second-order valence-corrected chi connectivity index (χ2v) is 6.37. The molecule has 1 N–H and O–H groups in total. The molecule has 1 aliphatic heterocycles. The summed E-state index contributed by atoms with van der Waals surface area (Å²) < 4.78 is 1.28. The van der Waals surface area contributed by atoms with E-state index in [1.807, 2.05) is 0 Å². The summed E-state index contributed by atoms with van der Waals surface area (Å²) in [6.45, 7) is 2.45. The quantitative estimate of drug-likeness (QED) is 0.918. The zero-order valence-electron chi connectivity index (χ0n) is 10.3. The van der Waals surface area contributed by atoms with Gasteiger partial charge in [-0.3, -0.25) is 4.90 Å². The molecular formula is C14H17N3S. The Balaban J connectivity index is 1.47. The Morgan fingerprint density at radius 2 is 2.11 bits per heavy atom. The van der Waals surface area contributed by atoms with Crippen LogP contribution in [0.25, 0.3) is 10.2 Å². The molecule has 1 saturated heterocycles. The van der Waals surface area contributed by atoms with E-state index >= 15 is 0 Å². The van der Waals surface area contributed by atoms with Gasteiger partial charge in [-0.1, -0.05) is 23.5 Å². The summed E-state index contributed by atoms with van der Waals surface area (Å²) in [5.74, 6) is 0. The summed E-state index contributed by atoms with van der Waals surface area (Å²) in [5, 5.41) is 4.69. The maximum absolute atomic E-state index is 4.65. The van der Waals surface area contributed by atoms with Crippen molar-refractivity contribution < 1.29 is 0 Å². The molecule has 94 valence electrons. The molecule has 2 aliphatic rings. The van der Waals surface area contributed by atoms with Crippen molar-refractivity contribution in [2.75, 3.05) is 18.4 Å². The predicted molar refractivity (Wildman–Crippen MR) is 76.2 cm³/mol. The number of nitrogens with one attached hydrogen (secondary N) is 1. The molecule has 3 nitrogen and oxygen atoms in total. The Labute approximate surface area is 111 Å². The van der Waals surface area contributed by atoms with Crippen molar-refractivity contribution in [2.24, 2.45) is 0 Å². The third-order valence-corrected chi connectivity index (χ3v) is 4.87. The van der Waals surface area contributed by atoms with Crippen LogP contribution >= 0.6 is 11.3 Å². The van der Waals surface area contributed by atoms with E-state index in [1.54, 1.807) is 11.3 Å². The van der Waals surface area contributed by atoms with Crippen LogP contribution in [0.3, 0.4) is 0 Å². The molecule has 2 heterocycles. The Morgan fingerprint density at radius 1 is 1.22 bits per heavy atom. The second kappa shape index (κ2) is 4.21. The van der Waals surface area contributed by atoms with Crippen molar-refractivity contribution in [1.82, 2.24) is 9.88 Å². The standard InChI is InChI=1S/C14H17N3S/c1-2-4-13-12(3-1)16-14(18-13)15-10-7-8-17(9-10)11-5-6-11/h1-4,10-11H,5-9H2,(H,15,16). The third-order valence-electron chi connectivity index (χ3n) is 3.90. The maximum atomic E-state index is 4.65. The fourth-order valence-corrected chi connectivity index (χ4v) is 3.73. The number of anilines is 1. The average molecular weight is 259 g/mol. The van der Waals surface area contributed by atoms with Crippen molar-refractivity contribution in [1.29, 1.82) is 0 Å². The molecule has 2 aromatic rings. The van der Waals surface area contributed by atoms with Gasteiger partial charge in [-0.2, -0.15) is 0 Å². The minimum absolute atomic E-state index is 0.589. The lowest BCUT2D eigenvalue weighted by atomic mass is 10.3. The molecule has 0 amide bonds. The number of fused-ring (bicyclic) bond motifs is 1. The average Bonchev–Trinajstić information content (AvgIpc) is 2.99. The molecule has 18 heavy (non-hydrogen) atoms. The lowest BCUT2D eigenvalue weighted by Crippen LogP contribution is -2.27. The summed E-state index contributed by atoms with van der Waals surface area (Å²) in [4.78, 5) is 7.28. The largest absolute Gasteiger partial charge is 0.357 e. The van der Waals surface area contributed by atoms with Crippen LogP contribution in [0.2, 0.25) is 0 Å². The highest BCUT2D eigenvalue weighted by Crippen LogP contribution is 2.32. The van der Waals surface area contributed by atoms with Gasteiger partial charge in [0.15, 0.2) is 5.13 Å². The van der Waals surface area contributed by atoms with Gasteiger partial charge in [0.05, 0.1) is 10.2 Å². The van der Waals surface area contributed by atoms with Gasteiger partial charge in [0.1, 0.15) is 0 Å². The molecule has 1 saturated carbocycles. The van der Waals surface area contributed by atoms with Gasteiger partial charge in [-0.15, -0.1) is 0 Å².